The van der Waals surface area contributed by atoms with Crippen LogP contribution >= 0.6 is 0 Å². The molecule has 3 aliphatic rings. The number of rotatable bonds is 7. The summed E-state index contributed by atoms with van der Waals surface area (Å²) >= 11 is 0. The van der Waals surface area contributed by atoms with Crippen LogP contribution in [0.15, 0.2) is 12.2 Å². The topological polar surface area (TPSA) is 75.7 Å². The number of hydrogen-bond donors (Lipinski definition) is 1. The highest BCUT2D eigenvalue weighted by Gasteiger charge is 2.60. The fraction of sp³-hybridized carbons (Fsp3) is 0.588. The molecular formula is C17H20N2O4. The van der Waals surface area contributed by atoms with Crippen molar-refractivity contribution >= 4 is 17.7 Å². The fourth-order valence-electron chi connectivity index (χ4n) is 3.56. The third kappa shape index (κ3) is 2.89. The molecule has 0 aromatic rings. The van der Waals surface area contributed by atoms with E-state index >= 15 is 0 Å². The third-order valence-electron chi connectivity index (χ3n) is 4.68. The minimum atomic E-state index is -0.327. The van der Waals surface area contributed by atoms with Gasteiger partial charge in [-0.2, -0.15) is 0 Å². The van der Waals surface area contributed by atoms with E-state index in [1.807, 2.05) is 12.2 Å². The summed E-state index contributed by atoms with van der Waals surface area (Å²) < 4.78 is 5.59. The van der Waals surface area contributed by atoms with Gasteiger partial charge in [0.1, 0.15) is 0 Å². The van der Waals surface area contributed by atoms with Crippen molar-refractivity contribution in [1.82, 2.24) is 10.2 Å². The molecule has 6 heteroatoms. The Morgan fingerprint density at radius 2 is 1.83 bits per heavy atom. The summed E-state index contributed by atoms with van der Waals surface area (Å²) in [7, 11) is 0. The predicted molar refractivity (Wildman–Crippen MR) is 81.8 cm³/mol. The van der Waals surface area contributed by atoms with Crippen molar-refractivity contribution in [1.29, 1.82) is 0 Å². The van der Waals surface area contributed by atoms with E-state index in [1.54, 1.807) is 0 Å². The average Bonchev–Trinajstić information content (AvgIpc) is 3.21. The summed E-state index contributed by atoms with van der Waals surface area (Å²) in [5.74, 6) is 1.42. The first-order valence-electron chi connectivity index (χ1n) is 8.02. The zero-order valence-corrected chi connectivity index (χ0v) is 12.9. The summed E-state index contributed by atoms with van der Waals surface area (Å²) in [6.07, 6.45) is 11.0. The van der Waals surface area contributed by atoms with Gasteiger partial charge in [-0.1, -0.05) is 24.5 Å². The largest absolute Gasteiger partial charge is 0.365 e. The van der Waals surface area contributed by atoms with Crippen LogP contribution in [0.25, 0.3) is 0 Å². The summed E-state index contributed by atoms with van der Waals surface area (Å²) in [5, 5.41) is 2.61. The first-order valence-corrected chi connectivity index (χ1v) is 8.02. The minimum absolute atomic E-state index is 0.0643. The molecule has 122 valence electrons. The Morgan fingerprint density at radius 3 is 2.43 bits per heavy atom. The van der Waals surface area contributed by atoms with Crippen LogP contribution in [0.3, 0.4) is 0 Å². The van der Waals surface area contributed by atoms with Gasteiger partial charge in [-0.15, -0.1) is 6.42 Å². The lowest BCUT2D eigenvalue weighted by Crippen LogP contribution is -2.35. The number of terminal acetylenes is 1. The Kier molecular flexibility index (Phi) is 4.49. The fourth-order valence-corrected chi connectivity index (χ4v) is 3.56. The Bertz CT molecular complexity index is 562. The van der Waals surface area contributed by atoms with Crippen molar-refractivity contribution in [2.24, 2.45) is 11.8 Å². The third-order valence-corrected chi connectivity index (χ3v) is 4.68. The van der Waals surface area contributed by atoms with Gasteiger partial charge in [0.2, 0.25) is 17.7 Å². The van der Waals surface area contributed by atoms with Gasteiger partial charge < -0.3 is 10.1 Å². The smallest absolute Gasteiger partial charge is 0.236 e. The predicted octanol–water partition coefficient (Wildman–Crippen LogP) is 0.235. The van der Waals surface area contributed by atoms with Gasteiger partial charge in [0.25, 0.3) is 0 Å². The molecule has 2 fully saturated rings. The molecule has 0 aromatic carbocycles. The molecule has 3 heterocycles. The van der Waals surface area contributed by atoms with Crippen LogP contribution in [0.1, 0.15) is 25.7 Å². The van der Waals surface area contributed by atoms with Crippen LogP contribution in [0.5, 0.6) is 0 Å². The molecule has 23 heavy (non-hydrogen) atoms. The molecule has 0 aromatic heterocycles. The van der Waals surface area contributed by atoms with Crippen molar-refractivity contribution in [3.8, 4) is 12.3 Å². The van der Waals surface area contributed by atoms with E-state index in [0.29, 0.717) is 19.4 Å². The summed E-state index contributed by atoms with van der Waals surface area (Å²) in [6, 6.07) is 0. The molecule has 4 unspecified atom stereocenters. The summed E-state index contributed by atoms with van der Waals surface area (Å²) in [4.78, 5) is 37.5. The quantitative estimate of drug-likeness (QED) is 0.316. The van der Waals surface area contributed by atoms with Crippen LogP contribution < -0.4 is 5.32 Å². The van der Waals surface area contributed by atoms with E-state index < -0.39 is 0 Å². The van der Waals surface area contributed by atoms with Crippen LogP contribution in [0.2, 0.25) is 0 Å². The van der Waals surface area contributed by atoms with Crippen molar-refractivity contribution < 1.29 is 19.1 Å². The summed E-state index contributed by atoms with van der Waals surface area (Å²) in [6.45, 7) is 0.674. The molecule has 3 amide bonds. The Morgan fingerprint density at radius 1 is 1.17 bits per heavy atom. The second-order valence-corrected chi connectivity index (χ2v) is 6.12. The SMILES string of the molecule is C#CCNC(=O)CCCCCN1C(=O)C2C3C=CC(O3)C2C1=O. The normalized spacial score (nSPS) is 30.7. The summed E-state index contributed by atoms with van der Waals surface area (Å²) in [5.41, 5.74) is 0. The van der Waals surface area contributed by atoms with Crippen molar-refractivity contribution in [2.75, 3.05) is 13.1 Å². The molecule has 0 spiro atoms. The zero-order chi connectivity index (χ0) is 16.4. The molecule has 3 rings (SSSR count). The second-order valence-electron chi connectivity index (χ2n) is 6.12. The van der Waals surface area contributed by atoms with Crippen LogP contribution in [0, 0.1) is 24.2 Å². The Balaban J connectivity index is 1.40. The van der Waals surface area contributed by atoms with Crippen LogP contribution in [-0.2, 0) is 19.1 Å². The number of hydrogen-bond acceptors (Lipinski definition) is 4. The number of ether oxygens (including phenoxy) is 1. The molecule has 0 radical (unpaired) electrons. The number of nitrogens with one attached hydrogen (secondary N) is 1. The number of carbonyl (C=O) groups is 3. The van der Waals surface area contributed by atoms with Crippen molar-refractivity contribution in [3.05, 3.63) is 12.2 Å². The lowest BCUT2D eigenvalue weighted by atomic mass is 9.85. The molecular weight excluding hydrogens is 296 g/mol. The number of likely N-dealkylation sites (tertiary alicyclic amines) is 1. The van der Waals surface area contributed by atoms with Gasteiger partial charge in [-0.25, -0.2) is 0 Å². The number of carbonyl (C=O) groups excluding carboxylic acids is 3. The van der Waals surface area contributed by atoms with Crippen LogP contribution in [0.4, 0.5) is 0 Å². The maximum absolute atomic E-state index is 12.4. The van der Waals surface area contributed by atoms with Gasteiger partial charge in [0, 0.05) is 13.0 Å². The van der Waals surface area contributed by atoms with Crippen molar-refractivity contribution in [2.45, 2.75) is 37.9 Å². The Hall–Kier alpha value is -2.13. The second kappa shape index (κ2) is 6.55. The highest BCUT2D eigenvalue weighted by atomic mass is 16.5. The molecule has 0 aliphatic carbocycles. The number of unbranched alkanes of at least 4 members (excludes halogenated alkanes) is 2. The van der Waals surface area contributed by atoms with E-state index in [0.717, 1.165) is 12.8 Å². The molecule has 4 atom stereocenters. The van der Waals surface area contributed by atoms with E-state index in [-0.39, 0.29) is 48.3 Å². The molecule has 0 saturated carbocycles. The van der Waals surface area contributed by atoms with Crippen molar-refractivity contribution in [3.63, 3.8) is 0 Å². The molecule has 3 aliphatic heterocycles. The highest BCUT2D eigenvalue weighted by molar-refractivity contribution is 6.06. The average molecular weight is 316 g/mol. The number of imide groups is 1. The zero-order valence-electron chi connectivity index (χ0n) is 12.9. The Labute approximate surface area is 135 Å². The van der Waals surface area contributed by atoms with Gasteiger partial charge in [-0.3, -0.25) is 19.3 Å². The lowest BCUT2D eigenvalue weighted by molar-refractivity contribution is -0.142. The van der Waals surface area contributed by atoms with E-state index in [4.69, 9.17) is 11.2 Å². The van der Waals surface area contributed by atoms with Gasteiger partial charge in [0.05, 0.1) is 30.6 Å². The maximum Gasteiger partial charge on any atom is 0.236 e. The standard InChI is InChI=1S/C17H20N2O4/c1-2-9-18-13(20)6-4-3-5-10-19-16(21)14-11-7-8-12(23-11)15(14)17(19)22/h1,7-8,11-12,14-15H,3-6,9-10H2,(H,18,20). The molecule has 1 N–H and O–H groups in total. The molecule has 2 bridgehead atoms. The number of fused-ring (bicyclic) bond motifs is 5. The first-order chi connectivity index (χ1) is 11.1. The highest BCUT2D eigenvalue weighted by Crippen LogP contribution is 2.45. The van der Waals surface area contributed by atoms with Gasteiger partial charge >= 0.3 is 0 Å². The maximum atomic E-state index is 12.4. The van der Waals surface area contributed by atoms with E-state index in [1.165, 1.54) is 4.90 Å². The number of amides is 3. The minimum Gasteiger partial charge on any atom is -0.365 e. The van der Waals surface area contributed by atoms with E-state index in [9.17, 15) is 14.4 Å². The monoisotopic (exact) mass is 316 g/mol. The van der Waals surface area contributed by atoms with Gasteiger partial charge in [0.15, 0.2) is 0 Å². The van der Waals surface area contributed by atoms with E-state index in [2.05, 4.69) is 11.2 Å². The molecule has 6 nitrogen and oxygen atoms in total. The van der Waals surface area contributed by atoms with Crippen LogP contribution in [-0.4, -0.2) is 47.9 Å². The lowest BCUT2D eigenvalue weighted by Gasteiger charge is -2.17. The van der Waals surface area contributed by atoms with Gasteiger partial charge in [-0.05, 0) is 12.8 Å². The first kappa shape index (κ1) is 15.8. The number of nitrogens with zero attached hydrogens (tertiary/aromatic N) is 1. The molecule has 2 saturated heterocycles.